The second kappa shape index (κ2) is 5.78. The molecule has 2 rings (SSSR count). The molecule has 0 saturated carbocycles. The number of ether oxygens (including phenoxy) is 2. The molecule has 18 heavy (non-hydrogen) atoms. The number of benzene rings is 2. The van der Waals surface area contributed by atoms with Crippen LogP contribution in [0.4, 0.5) is 0 Å². The fourth-order valence-electron chi connectivity index (χ4n) is 1.52. The van der Waals surface area contributed by atoms with Crippen LogP contribution in [0.15, 0.2) is 46.9 Å². The normalized spacial score (nSPS) is 10.1. The summed E-state index contributed by atoms with van der Waals surface area (Å²) in [5.74, 6) is 1.37. The maximum Gasteiger partial charge on any atom is 0.160 e. The first-order valence-corrected chi connectivity index (χ1v) is 6.22. The van der Waals surface area contributed by atoms with Crippen LogP contribution in [0.2, 0.25) is 0 Å². The van der Waals surface area contributed by atoms with E-state index in [0.29, 0.717) is 12.4 Å². The molecular weight excluding hydrogens is 296 g/mol. The van der Waals surface area contributed by atoms with E-state index in [2.05, 4.69) is 15.9 Å². The molecule has 0 radical (unpaired) electrons. The summed E-state index contributed by atoms with van der Waals surface area (Å²) >= 11 is 3.36. The smallest absolute Gasteiger partial charge is 0.160 e. The van der Waals surface area contributed by atoms with Gasteiger partial charge < -0.3 is 14.6 Å². The Kier molecular flexibility index (Phi) is 4.10. The van der Waals surface area contributed by atoms with Crippen molar-refractivity contribution >= 4 is 15.9 Å². The summed E-state index contributed by atoms with van der Waals surface area (Å²) in [6.07, 6.45) is 0. The van der Waals surface area contributed by atoms with Crippen molar-refractivity contribution in [3.05, 3.63) is 52.5 Å². The van der Waals surface area contributed by atoms with Crippen LogP contribution in [-0.4, -0.2) is 12.2 Å². The quantitative estimate of drug-likeness (QED) is 0.935. The van der Waals surface area contributed by atoms with Crippen LogP contribution in [-0.2, 0) is 6.61 Å². The molecule has 0 heterocycles. The van der Waals surface area contributed by atoms with Crippen molar-refractivity contribution in [3.63, 3.8) is 0 Å². The Labute approximate surface area is 114 Å². The summed E-state index contributed by atoms with van der Waals surface area (Å²) < 4.78 is 11.6. The lowest BCUT2D eigenvalue weighted by atomic mass is 10.2. The molecule has 0 atom stereocenters. The molecule has 0 aliphatic rings. The number of hydrogen-bond donors (Lipinski definition) is 1. The zero-order valence-electron chi connectivity index (χ0n) is 9.89. The van der Waals surface area contributed by atoms with Gasteiger partial charge in [0.15, 0.2) is 11.5 Å². The summed E-state index contributed by atoms with van der Waals surface area (Å²) in [5.41, 5.74) is 0.885. The molecule has 0 bridgehead atoms. The van der Waals surface area contributed by atoms with Crippen molar-refractivity contribution in [1.82, 2.24) is 0 Å². The van der Waals surface area contributed by atoms with E-state index in [-0.39, 0.29) is 5.75 Å². The van der Waals surface area contributed by atoms with E-state index >= 15 is 0 Å². The van der Waals surface area contributed by atoms with Gasteiger partial charge in [-0.15, -0.1) is 0 Å². The molecule has 0 aromatic heterocycles. The fraction of sp³-hybridized carbons (Fsp3) is 0.143. The number of methoxy groups -OCH3 is 1. The van der Waals surface area contributed by atoms with Gasteiger partial charge in [0.1, 0.15) is 12.4 Å². The molecule has 0 spiro atoms. The standard InChI is InChI=1S/C14H13BrO3/c1-17-14-7-2-10(8-13(14)16)9-18-12-5-3-11(15)4-6-12/h2-8,16H,9H2,1H3. The van der Waals surface area contributed by atoms with E-state index in [0.717, 1.165) is 15.8 Å². The maximum atomic E-state index is 9.64. The van der Waals surface area contributed by atoms with Crippen LogP contribution in [0, 0.1) is 0 Å². The molecule has 3 nitrogen and oxygen atoms in total. The molecule has 2 aromatic rings. The fourth-order valence-corrected chi connectivity index (χ4v) is 1.79. The lowest BCUT2D eigenvalue weighted by Gasteiger charge is -2.08. The van der Waals surface area contributed by atoms with Gasteiger partial charge in [-0.1, -0.05) is 22.0 Å². The number of phenolic OH excluding ortho intramolecular Hbond substituents is 1. The number of rotatable bonds is 4. The van der Waals surface area contributed by atoms with Crippen LogP contribution in [0.3, 0.4) is 0 Å². The number of hydrogen-bond acceptors (Lipinski definition) is 3. The summed E-state index contributed by atoms with van der Waals surface area (Å²) in [7, 11) is 1.52. The summed E-state index contributed by atoms with van der Waals surface area (Å²) in [6.45, 7) is 0.402. The molecule has 0 unspecified atom stereocenters. The van der Waals surface area contributed by atoms with Crippen LogP contribution < -0.4 is 9.47 Å². The Morgan fingerprint density at radius 1 is 1.11 bits per heavy atom. The molecule has 0 amide bonds. The molecule has 0 saturated heterocycles. The molecule has 0 fully saturated rings. The van der Waals surface area contributed by atoms with Gasteiger partial charge >= 0.3 is 0 Å². The van der Waals surface area contributed by atoms with Gasteiger partial charge in [-0.2, -0.15) is 0 Å². The lowest BCUT2D eigenvalue weighted by Crippen LogP contribution is -1.95. The Balaban J connectivity index is 2.02. The number of halogens is 1. The summed E-state index contributed by atoms with van der Waals surface area (Å²) in [5, 5.41) is 9.64. The minimum absolute atomic E-state index is 0.120. The third kappa shape index (κ3) is 3.17. The average Bonchev–Trinajstić information content (AvgIpc) is 2.38. The molecular formula is C14H13BrO3. The molecule has 1 N–H and O–H groups in total. The van der Waals surface area contributed by atoms with Gasteiger partial charge in [-0.05, 0) is 42.0 Å². The van der Waals surface area contributed by atoms with Gasteiger partial charge in [0.2, 0.25) is 0 Å². The molecule has 94 valence electrons. The highest BCUT2D eigenvalue weighted by molar-refractivity contribution is 9.10. The van der Waals surface area contributed by atoms with Gasteiger partial charge in [0.25, 0.3) is 0 Å². The van der Waals surface area contributed by atoms with E-state index in [1.54, 1.807) is 12.1 Å². The van der Waals surface area contributed by atoms with E-state index in [4.69, 9.17) is 9.47 Å². The first-order chi connectivity index (χ1) is 8.69. The first-order valence-electron chi connectivity index (χ1n) is 5.43. The van der Waals surface area contributed by atoms with E-state index < -0.39 is 0 Å². The topological polar surface area (TPSA) is 38.7 Å². The minimum atomic E-state index is 0.120. The Morgan fingerprint density at radius 3 is 2.44 bits per heavy atom. The SMILES string of the molecule is COc1ccc(COc2ccc(Br)cc2)cc1O. The average molecular weight is 309 g/mol. The highest BCUT2D eigenvalue weighted by Gasteiger charge is 2.03. The molecule has 4 heteroatoms. The second-order valence-corrected chi connectivity index (χ2v) is 4.66. The Morgan fingerprint density at radius 2 is 1.83 bits per heavy atom. The van der Waals surface area contributed by atoms with Gasteiger partial charge in [-0.3, -0.25) is 0 Å². The Bertz CT molecular complexity index is 523. The number of phenols is 1. The highest BCUT2D eigenvalue weighted by atomic mass is 79.9. The third-order valence-corrected chi connectivity index (χ3v) is 2.99. The lowest BCUT2D eigenvalue weighted by molar-refractivity contribution is 0.304. The molecule has 2 aromatic carbocycles. The van der Waals surface area contributed by atoms with E-state index in [9.17, 15) is 5.11 Å². The van der Waals surface area contributed by atoms with Gasteiger partial charge in [0, 0.05) is 4.47 Å². The Hall–Kier alpha value is -1.68. The van der Waals surface area contributed by atoms with Crippen LogP contribution in [0.25, 0.3) is 0 Å². The third-order valence-electron chi connectivity index (χ3n) is 2.46. The predicted molar refractivity (Wildman–Crippen MR) is 73.1 cm³/mol. The van der Waals surface area contributed by atoms with Crippen LogP contribution >= 0.6 is 15.9 Å². The minimum Gasteiger partial charge on any atom is -0.504 e. The van der Waals surface area contributed by atoms with Crippen molar-refractivity contribution < 1.29 is 14.6 Å². The molecule has 0 aliphatic heterocycles. The van der Waals surface area contributed by atoms with Crippen molar-refractivity contribution in [2.24, 2.45) is 0 Å². The highest BCUT2D eigenvalue weighted by Crippen LogP contribution is 2.26. The van der Waals surface area contributed by atoms with Gasteiger partial charge in [-0.25, -0.2) is 0 Å². The summed E-state index contributed by atoms with van der Waals surface area (Å²) in [4.78, 5) is 0. The first kappa shape index (κ1) is 12.8. The monoisotopic (exact) mass is 308 g/mol. The zero-order chi connectivity index (χ0) is 13.0. The molecule has 0 aliphatic carbocycles. The van der Waals surface area contributed by atoms with Crippen molar-refractivity contribution in [2.45, 2.75) is 6.61 Å². The predicted octanol–water partition coefficient (Wildman–Crippen LogP) is 3.74. The second-order valence-electron chi connectivity index (χ2n) is 3.75. The maximum absolute atomic E-state index is 9.64. The van der Waals surface area contributed by atoms with E-state index in [1.807, 2.05) is 30.3 Å². The van der Waals surface area contributed by atoms with Crippen molar-refractivity contribution in [3.8, 4) is 17.2 Å². The van der Waals surface area contributed by atoms with Gasteiger partial charge in [0.05, 0.1) is 7.11 Å². The van der Waals surface area contributed by atoms with Crippen molar-refractivity contribution in [2.75, 3.05) is 7.11 Å². The summed E-state index contributed by atoms with van der Waals surface area (Å²) in [6, 6.07) is 12.8. The largest absolute Gasteiger partial charge is 0.504 e. The van der Waals surface area contributed by atoms with Crippen LogP contribution in [0.5, 0.6) is 17.2 Å². The zero-order valence-corrected chi connectivity index (χ0v) is 11.5. The van der Waals surface area contributed by atoms with E-state index in [1.165, 1.54) is 7.11 Å². The van der Waals surface area contributed by atoms with Crippen LogP contribution in [0.1, 0.15) is 5.56 Å². The number of aromatic hydroxyl groups is 1. The van der Waals surface area contributed by atoms with Crippen molar-refractivity contribution in [1.29, 1.82) is 0 Å².